The number of benzene rings is 4. The molecule has 29 heavy (non-hydrogen) atoms. The highest BCUT2D eigenvalue weighted by atomic mass is 35.5. The maximum absolute atomic E-state index is 6.63. The highest BCUT2D eigenvalue weighted by Crippen LogP contribution is 2.33. The van der Waals surface area contributed by atoms with E-state index in [0.717, 1.165) is 33.0 Å². The summed E-state index contributed by atoms with van der Waals surface area (Å²) in [6.07, 6.45) is 0. The minimum Gasteiger partial charge on any atom is -0.494 e. The van der Waals surface area contributed by atoms with Crippen LogP contribution in [0, 0.1) is 6.92 Å². The Balaban J connectivity index is 1.58. The van der Waals surface area contributed by atoms with Crippen molar-refractivity contribution in [2.75, 3.05) is 6.61 Å². The van der Waals surface area contributed by atoms with Gasteiger partial charge in [-0.25, -0.2) is 0 Å². The molecule has 0 heterocycles. The van der Waals surface area contributed by atoms with Gasteiger partial charge in [0.1, 0.15) is 5.75 Å². The maximum Gasteiger partial charge on any atom is 0.119 e. The molecule has 0 spiro atoms. The van der Waals surface area contributed by atoms with Gasteiger partial charge in [0.2, 0.25) is 0 Å². The fourth-order valence-electron chi connectivity index (χ4n) is 3.43. The first-order valence-electron chi connectivity index (χ1n) is 9.84. The van der Waals surface area contributed by atoms with Gasteiger partial charge in [0.05, 0.1) is 6.61 Å². The largest absolute Gasteiger partial charge is 0.494 e. The average Bonchev–Trinajstić information content (AvgIpc) is 2.75. The Hall–Kier alpha value is -3.03. The smallest absolute Gasteiger partial charge is 0.119 e. The second kappa shape index (κ2) is 8.55. The number of ether oxygens (including phenoxy) is 1. The lowest BCUT2D eigenvalue weighted by atomic mass is 9.97. The Labute approximate surface area is 177 Å². The van der Waals surface area contributed by atoms with Crippen LogP contribution in [0.25, 0.3) is 33.4 Å². The van der Waals surface area contributed by atoms with Crippen molar-refractivity contribution >= 4 is 11.6 Å². The minimum absolute atomic E-state index is 0.664. The lowest BCUT2D eigenvalue weighted by molar-refractivity contribution is 0.340. The molecule has 2 heteroatoms. The zero-order valence-electron chi connectivity index (χ0n) is 16.7. The molecule has 0 aliphatic rings. The first-order chi connectivity index (χ1) is 14.1. The van der Waals surface area contributed by atoms with Crippen LogP contribution >= 0.6 is 11.6 Å². The molecule has 0 saturated carbocycles. The van der Waals surface area contributed by atoms with E-state index >= 15 is 0 Å². The molecule has 4 rings (SSSR count). The third kappa shape index (κ3) is 4.36. The second-order valence-corrected chi connectivity index (χ2v) is 7.50. The topological polar surface area (TPSA) is 9.23 Å². The van der Waals surface area contributed by atoms with Crippen LogP contribution in [0.15, 0.2) is 91.0 Å². The van der Waals surface area contributed by atoms with E-state index in [4.69, 9.17) is 16.3 Å². The van der Waals surface area contributed by atoms with Crippen molar-refractivity contribution in [1.29, 1.82) is 0 Å². The zero-order chi connectivity index (χ0) is 20.2. The summed E-state index contributed by atoms with van der Waals surface area (Å²) in [6.45, 7) is 4.75. The summed E-state index contributed by atoms with van der Waals surface area (Å²) < 4.78 is 5.52. The van der Waals surface area contributed by atoms with Gasteiger partial charge in [-0.3, -0.25) is 0 Å². The number of halogens is 1. The molecular weight excluding hydrogens is 376 g/mol. The van der Waals surface area contributed by atoms with Crippen molar-refractivity contribution in [2.24, 2.45) is 0 Å². The zero-order valence-corrected chi connectivity index (χ0v) is 17.4. The molecule has 0 unspecified atom stereocenters. The third-order valence-corrected chi connectivity index (χ3v) is 5.36. The van der Waals surface area contributed by atoms with Gasteiger partial charge in [-0.1, -0.05) is 90.0 Å². The molecule has 0 amide bonds. The van der Waals surface area contributed by atoms with Crippen LogP contribution in [-0.2, 0) is 0 Å². The Morgan fingerprint density at radius 2 is 1.10 bits per heavy atom. The second-order valence-electron chi connectivity index (χ2n) is 7.10. The van der Waals surface area contributed by atoms with Crippen molar-refractivity contribution in [3.05, 3.63) is 102 Å². The van der Waals surface area contributed by atoms with Crippen molar-refractivity contribution in [1.82, 2.24) is 0 Å². The predicted molar refractivity (Wildman–Crippen MR) is 124 cm³/mol. The molecule has 4 aromatic carbocycles. The highest BCUT2D eigenvalue weighted by Gasteiger charge is 2.07. The molecule has 1 nitrogen and oxygen atoms in total. The van der Waals surface area contributed by atoms with E-state index in [1.807, 2.05) is 37.3 Å². The van der Waals surface area contributed by atoms with Crippen molar-refractivity contribution in [2.45, 2.75) is 13.8 Å². The van der Waals surface area contributed by atoms with E-state index in [9.17, 15) is 0 Å². The molecule has 4 aromatic rings. The van der Waals surface area contributed by atoms with Crippen LogP contribution in [-0.4, -0.2) is 6.61 Å². The van der Waals surface area contributed by atoms with Crippen LogP contribution in [0.3, 0.4) is 0 Å². The van der Waals surface area contributed by atoms with Crippen LogP contribution in [0.1, 0.15) is 12.5 Å². The van der Waals surface area contributed by atoms with Crippen LogP contribution in [0.2, 0.25) is 5.02 Å². The molecule has 0 bridgehead atoms. The van der Waals surface area contributed by atoms with Gasteiger partial charge in [0.25, 0.3) is 0 Å². The summed E-state index contributed by atoms with van der Waals surface area (Å²) in [7, 11) is 0. The Kier molecular flexibility index (Phi) is 5.69. The van der Waals surface area contributed by atoms with Gasteiger partial charge in [-0.05, 0) is 59.9 Å². The number of aryl methyl sites for hydroxylation is 1. The van der Waals surface area contributed by atoms with Gasteiger partial charge in [0, 0.05) is 10.6 Å². The number of rotatable bonds is 5. The third-order valence-electron chi connectivity index (χ3n) is 5.05. The first-order valence-corrected chi connectivity index (χ1v) is 10.2. The summed E-state index contributed by atoms with van der Waals surface area (Å²) in [5, 5.41) is 0.745. The molecule has 0 radical (unpaired) electrons. The van der Waals surface area contributed by atoms with Gasteiger partial charge in [-0.2, -0.15) is 0 Å². The van der Waals surface area contributed by atoms with E-state index in [0.29, 0.717) is 6.61 Å². The van der Waals surface area contributed by atoms with E-state index in [2.05, 4.69) is 67.6 Å². The van der Waals surface area contributed by atoms with E-state index in [1.54, 1.807) is 0 Å². The van der Waals surface area contributed by atoms with E-state index in [1.165, 1.54) is 16.7 Å². The van der Waals surface area contributed by atoms with Crippen LogP contribution in [0.5, 0.6) is 5.75 Å². The summed E-state index contributed by atoms with van der Waals surface area (Å²) >= 11 is 6.63. The Morgan fingerprint density at radius 1 is 0.621 bits per heavy atom. The Bertz CT molecular complexity index is 1090. The molecule has 0 fully saturated rings. The van der Waals surface area contributed by atoms with Crippen LogP contribution in [0.4, 0.5) is 0 Å². The summed E-state index contributed by atoms with van der Waals surface area (Å²) in [5.41, 5.74) is 8.08. The summed E-state index contributed by atoms with van der Waals surface area (Å²) in [6, 6.07) is 31.5. The summed E-state index contributed by atoms with van der Waals surface area (Å²) in [4.78, 5) is 0. The van der Waals surface area contributed by atoms with Gasteiger partial charge in [-0.15, -0.1) is 0 Å². The van der Waals surface area contributed by atoms with Crippen molar-refractivity contribution in [3.63, 3.8) is 0 Å². The van der Waals surface area contributed by atoms with E-state index in [-0.39, 0.29) is 0 Å². The summed E-state index contributed by atoms with van der Waals surface area (Å²) in [5.74, 6) is 0.873. The quantitative estimate of drug-likeness (QED) is 0.330. The van der Waals surface area contributed by atoms with Crippen LogP contribution < -0.4 is 4.74 Å². The Morgan fingerprint density at radius 3 is 1.66 bits per heavy atom. The molecular formula is C27H23ClO. The van der Waals surface area contributed by atoms with Gasteiger partial charge < -0.3 is 4.74 Å². The molecule has 0 aromatic heterocycles. The lowest BCUT2D eigenvalue weighted by Crippen LogP contribution is -1.90. The maximum atomic E-state index is 6.63. The molecule has 0 saturated heterocycles. The van der Waals surface area contributed by atoms with E-state index < -0.39 is 0 Å². The molecule has 0 aliphatic heterocycles. The predicted octanol–water partition coefficient (Wildman–Crippen LogP) is 8.05. The normalized spacial score (nSPS) is 10.7. The fourth-order valence-corrected chi connectivity index (χ4v) is 3.72. The molecule has 0 aliphatic carbocycles. The van der Waals surface area contributed by atoms with Crippen molar-refractivity contribution < 1.29 is 4.74 Å². The van der Waals surface area contributed by atoms with Gasteiger partial charge >= 0.3 is 0 Å². The van der Waals surface area contributed by atoms with Gasteiger partial charge in [0.15, 0.2) is 0 Å². The highest BCUT2D eigenvalue weighted by molar-refractivity contribution is 6.33. The first kappa shape index (κ1) is 19.3. The SMILES string of the molecule is CCOc1ccc(-c2ccc(-c3ccc(-c4ccc(C)cc4)cc3)cc2Cl)cc1. The molecule has 144 valence electrons. The molecule has 0 atom stereocenters. The lowest BCUT2D eigenvalue weighted by Gasteiger charge is -2.10. The monoisotopic (exact) mass is 398 g/mol. The minimum atomic E-state index is 0.664. The fraction of sp³-hybridized carbons (Fsp3) is 0.111. The standard InChI is InChI=1S/C27H23ClO/c1-3-29-25-15-12-23(13-16-25)26-17-14-24(18-27(26)28)22-10-8-21(9-11-22)20-6-4-19(2)5-7-20/h4-18H,3H2,1-2H3. The average molecular weight is 399 g/mol. The number of hydrogen-bond acceptors (Lipinski definition) is 1. The number of hydrogen-bond donors (Lipinski definition) is 0. The molecule has 0 N–H and O–H groups in total. The van der Waals surface area contributed by atoms with Crippen molar-refractivity contribution in [3.8, 4) is 39.1 Å².